The quantitative estimate of drug-likeness (QED) is 0.812. The highest BCUT2D eigenvalue weighted by atomic mass is 19.2. The largest absolute Gasteiger partial charge is 0.322 e. The molecule has 1 aromatic rings. The van der Waals surface area contributed by atoms with Gasteiger partial charge in [0, 0.05) is 12.1 Å². The molecule has 1 aromatic carbocycles. The van der Waals surface area contributed by atoms with E-state index in [1.54, 1.807) is 0 Å². The van der Waals surface area contributed by atoms with Crippen LogP contribution in [0.4, 0.5) is 18.9 Å². The number of carbonyl (C=O) groups is 1. The fourth-order valence-electron chi connectivity index (χ4n) is 2.15. The van der Waals surface area contributed by atoms with Crippen LogP contribution in [0.25, 0.3) is 0 Å². The summed E-state index contributed by atoms with van der Waals surface area (Å²) in [7, 11) is 0. The summed E-state index contributed by atoms with van der Waals surface area (Å²) < 4.78 is 39.2. The van der Waals surface area contributed by atoms with E-state index in [1.807, 2.05) is 6.92 Å². The number of hydrogen-bond acceptors (Lipinski definition) is 2. The van der Waals surface area contributed by atoms with E-state index in [4.69, 9.17) is 0 Å². The zero-order valence-corrected chi connectivity index (χ0v) is 10.5. The fraction of sp³-hybridized carbons (Fsp3) is 0.462. The minimum atomic E-state index is -1.28. The van der Waals surface area contributed by atoms with Crippen molar-refractivity contribution in [2.75, 3.05) is 11.9 Å². The van der Waals surface area contributed by atoms with Crippen LogP contribution < -0.4 is 10.6 Å². The third-order valence-corrected chi connectivity index (χ3v) is 3.25. The number of rotatable bonds is 2. The molecular formula is C13H15F3N2O. The van der Waals surface area contributed by atoms with Crippen LogP contribution in [-0.2, 0) is 4.79 Å². The predicted octanol–water partition coefficient (Wildman–Crippen LogP) is 2.43. The fourth-order valence-corrected chi connectivity index (χ4v) is 2.15. The molecule has 3 nitrogen and oxygen atoms in total. The topological polar surface area (TPSA) is 41.1 Å². The molecule has 0 aromatic heterocycles. The van der Waals surface area contributed by atoms with Gasteiger partial charge < -0.3 is 10.6 Å². The third kappa shape index (κ3) is 3.26. The maximum Gasteiger partial charge on any atom is 0.241 e. The Labute approximate surface area is 109 Å². The van der Waals surface area contributed by atoms with Crippen LogP contribution in [0.15, 0.2) is 12.1 Å². The van der Waals surface area contributed by atoms with Crippen molar-refractivity contribution < 1.29 is 18.0 Å². The molecule has 0 saturated carbocycles. The molecule has 1 aliphatic rings. The van der Waals surface area contributed by atoms with Crippen LogP contribution >= 0.6 is 0 Å². The molecular weight excluding hydrogens is 257 g/mol. The van der Waals surface area contributed by atoms with Crippen LogP contribution in [0, 0.1) is 23.4 Å². The average Bonchev–Trinajstić information content (AvgIpc) is 2.36. The number of carbonyl (C=O) groups excluding carboxylic acids is 1. The molecule has 6 heteroatoms. The molecule has 1 aliphatic heterocycles. The van der Waals surface area contributed by atoms with Gasteiger partial charge in [0.05, 0.1) is 11.7 Å². The van der Waals surface area contributed by atoms with Gasteiger partial charge in [-0.05, 0) is 25.3 Å². The number of nitrogens with one attached hydrogen (secondary N) is 2. The van der Waals surface area contributed by atoms with E-state index in [1.165, 1.54) is 0 Å². The van der Waals surface area contributed by atoms with E-state index in [9.17, 15) is 18.0 Å². The van der Waals surface area contributed by atoms with E-state index >= 15 is 0 Å². The number of halogens is 3. The van der Waals surface area contributed by atoms with Crippen molar-refractivity contribution in [2.24, 2.45) is 5.92 Å². The van der Waals surface area contributed by atoms with Crippen LogP contribution in [0.3, 0.4) is 0 Å². The minimum absolute atomic E-state index is 0.344. The van der Waals surface area contributed by atoms with Crippen molar-refractivity contribution in [3.8, 4) is 0 Å². The molecule has 0 spiro atoms. The first-order chi connectivity index (χ1) is 8.97. The second-order valence-electron chi connectivity index (χ2n) is 4.87. The summed E-state index contributed by atoms with van der Waals surface area (Å²) in [6.07, 6.45) is 1.61. The lowest BCUT2D eigenvalue weighted by Crippen LogP contribution is -2.45. The van der Waals surface area contributed by atoms with Crippen molar-refractivity contribution in [3.05, 3.63) is 29.6 Å². The monoisotopic (exact) mass is 272 g/mol. The summed E-state index contributed by atoms with van der Waals surface area (Å²) in [5.74, 6) is -3.50. The van der Waals surface area contributed by atoms with Crippen molar-refractivity contribution in [2.45, 2.75) is 25.8 Å². The van der Waals surface area contributed by atoms with E-state index in [2.05, 4.69) is 10.6 Å². The zero-order chi connectivity index (χ0) is 14.0. The second kappa shape index (κ2) is 5.61. The Morgan fingerprint density at radius 3 is 2.63 bits per heavy atom. The highest BCUT2D eigenvalue weighted by molar-refractivity contribution is 5.95. The zero-order valence-electron chi connectivity index (χ0n) is 10.5. The van der Waals surface area contributed by atoms with E-state index in [-0.39, 0.29) is 5.69 Å². The number of amides is 1. The molecule has 2 N–H and O–H groups in total. The highest BCUT2D eigenvalue weighted by Gasteiger charge is 2.25. The Morgan fingerprint density at radius 1 is 1.26 bits per heavy atom. The van der Waals surface area contributed by atoms with Crippen LogP contribution in [-0.4, -0.2) is 18.5 Å². The summed E-state index contributed by atoms with van der Waals surface area (Å²) in [5.41, 5.74) is -0.344. The summed E-state index contributed by atoms with van der Waals surface area (Å²) in [5, 5.41) is 5.30. The molecule has 2 rings (SSSR count). The van der Waals surface area contributed by atoms with Gasteiger partial charge in [-0.3, -0.25) is 4.79 Å². The molecule has 1 fully saturated rings. The molecule has 0 radical (unpaired) electrons. The standard InChI is InChI=1S/C13H15F3N2O/c1-7-2-3-17-12(4-7)13(19)18-11-6-9(15)8(14)5-10(11)16/h5-7,12,17H,2-4H2,1H3,(H,18,19). The first kappa shape index (κ1) is 13.9. The minimum Gasteiger partial charge on any atom is -0.322 e. The van der Waals surface area contributed by atoms with Crippen LogP contribution in [0.2, 0.25) is 0 Å². The highest BCUT2D eigenvalue weighted by Crippen LogP contribution is 2.20. The molecule has 0 aliphatic carbocycles. The van der Waals surface area contributed by atoms with Gasteiger partial charge in [-0.2, -0.15) is 0 Å². The van der Waals surface area contributed by atoms with Crippen molar-refractivity contribution in [1.29, 1.82) is 0 Å². The lowest BCUT2D eigenvalue weighted by Gasteiger charge is -2.27. The number of piperidine rings is 1. The van der Waals surface area contributed by atoms with E-state index < -0.39 is 29.4 Å². The Bertz CT molecular complexity index is 493. The SMILES string of the molecule is CC1CCNC(C(=O)Nc2cc(F)c(F)cc2F)C1. The van der Waals surface area contributed by atoms with Crippen molar-refractivity contribution >= 4 is 11.6 Å². The lowest BCUT2D eigenvalue weighted by molar-refractivity contribution is -0.119. The Morgan fingerprint density at radius 2 is 1.95 bits per heavy atom. The summed E-state index contributed by atoms with van der Waals surface area (Å²) >= 11 is 0. The lowest BCUT2D eigenvalue weighted by atomic mass is 9.94. The number of anilines is 1. The number of hydrogen-bond donors (Lipinski definition) is 2. The first-order valence-electron chi connectivity index (χ1n) is 6.16. The van der Waals surface area contributed by atoms with Gasteiger partial charge >= 0.3 is 0 Å². The van der Waals surface area contributed by atoms with E-state index in [0.29, 0.717) is 31.0 Å². The van der Waals surface area contributed by atoms with Crippen molar-refractivity contribution in [1.82, 2.24) is 5.32 Å². The predicted molar refractivity (Wildman–Crippen MR) is 65.1 cm³/mol. The van der Waals surface area contributed by atoms with E-state index in [0.717, 1.165) is 6.42 Å². The van der Waals surface area contributed by atoms with Gasteiger partial charge in [-0.15, -0.1) is 0 Å². The molecule has 2 unspecified atom stereocenters. The van der Waals surface area contributed by atoms with Crippen LogP contribution in [0.5, 0.6) is 0 Å². The Balaban J connectivity index is 2.08. The van der Waals surface area contributed by atoms with Gasteiger partial charge in [-0.1, -0.05) is 6.92 Å². The van der Waals surface area contributed by atoms with Gasteiger partial charge in [0.15, 0.2) is 11.6 Å². The molecule has 1 heterocycles. The molecule has 1 saturated heterocycles. The van der Waals surface area contributed by atoms with Crippen molar-refractivity contribution in [3.63, 3.8) is 0 Å². The molecule has 0 bridgehead atoms. The smallest absolute Gasteiger partial charge is 0.241 e. The average molecular weight is 272 g/mol. The summed E-state index contributed by atoms with van der Waals surface area (Å²) in [6, 6.07) is 0.632. The van der Waals surface area contributed by atoms with Crippen LogP contribution in [0.1, 0.15) is 19.8 Å². The maximum absolute atomic E-state index is 13.4. The Hall–Kier alpha value is -1.56. The van der Waals surface area contributed by atoms with Gasteiger partial charge in [0.1, 0.15) is 5.82 Å². The second-order valence-corrected chi connectivity index (χ2v) is 4.87. The maximum atomic E-state index is 13.4. The Kier molecular flexibility index (Phi) is 4.09. The molecule has 2 atom stereocenters. The third-order valence-electron chi connectivity index (χ3n) is 3.25. The summed E-state index contributed by atoms with van der Waals surface area (Å²) in [6.45, 7) is 2.73. The molecule has 1 amide bonds. The molecule has 104 valence electrons. The van der Waals surface area contributed by atoms with Gasteiger partial charge in [-0.25, -0.2) is 13.2 Å². The molecule has 19 heavy (non-hydrogen) atoms. The van der Waals surface area contributed by atoms with Gasteiger partial charge in [0.25, 0.3) is 0 Å². The summed E-state index contributed by atoms with van der Waals surface area (Å²) in [4.78, 5) is 11.9. The number of benzene rings is 1. The van der Waals surface area contributed by atoms with Gasteiger partial charge in [0.2, 0.25) is 5.91 Å². The first-order valence-corrected chi connectivity index (χ1v) is 6.16. The normalized spacial score (nSPS) is 23.2.